The Morgan fingerprint density at radius 2 is 2.00 bits per heavy atom. The number of rotatable bonds is 8. The number of anilines is 4. The van der Waals surface area contributed by atoms with E-state index >= 15 is 0 Å². The van der Waals surface area contributed by atoms with Crippen molar-refractivity contribution in [3.8, 4) is 0 Å². The van der Waals surface area contributed by atoms with Gasteiger partial charge in [-0.15, -0.1) is 0 Å². The Bertz CT molecular complexity index is 863. The summed E-state index contributed by atoms with van der Waals surface area (Å²) in [5, 5.41) is 17.4. The Hall–Kier alpha value is -3.62. The molecule has 0 atom stereocenters. The summed E-state index contributed by atoms with van der Waals surface area (Å²) in [4.78, 5) is 19.1. The van der Waals surface area contributed by atoms with Gasteiger partial charge in [0.15, 0.2) is 0 Å². The molecule has 0 bridgehead atoms. The van der Waals surface area contributed by atoms with Crippen molar-refractivity contribution in [2.24, 2.45) is 0 Å². The Balaban J connectivity index is 1.67. The van der Waals surface area contributed by atoms with Crippen molar-refractivity contribution >= 4 is 28.7 Å². The van der Waals surface area contributed by atoms with Gasteiger partial charge in [-0.05, 0) is 36.8 Å². The third kappa shape index (κ3) is 4.47. The highest BCUT2D eigenvalue weighted by Crippen LogP contribution is 2.27. The SMILES string of the molecule is Nc1ccc(Nc2nc(NCCCn3ccnc3)ccc2[N+](=O)[O-])cc1. The Morgan fingerprint density at radius 3 is 2.69 bits per heavy atom. The fraction of sp³-hybridized carbons (Fsp3) is 0.176. The van der Waals surface area contributed by atoms with E-state index in [-0.39, 0.29) is 11.5 Å². The van der Waals surface area contributed by atoms with E-state index < -0.39 is 4.92 Å². The summed E-state index contributed by atoms with van der Waals surface area (Å²) >= 11 is 0. The lowest BCUT2D eigenvalue weighted by Crippen LogP contribution is -2.08. The maximum absolute atomic E-state index is 11.2. The van der Waals surface area contributed by atoms with Crippen LogP contribution in [-0.2, 0) is 6.54 Å². The second-order valence-corrected chi connectivity index (χ2v) is 5.65. The molecular weight excluding hydrogens is 334 g/mol. The molecule has 134 valence electrons. The summed E-state index contributed by atoms with van der Waals surface area (Å²) in [6, 6.07) is 9.95. The maximum atomic E-state index is 11.2. The van der Waals surface area contributed by atoms with Crippen molar-refractivity contribution in [1.82, 2.24) is 14.5 Å². The Labute approximate surface area is 150 Å². The topological polar surface area (TPSA) is 124 Å². The Kier molecular flexibility index (Phi) is 5.28. The minimum absolute atomic E-state index is 0.0919. The number of aryl methyl sites for hydroxylation is 1. The number of hydrogen-bond acceptors (Lipinski definition) is 7. The Morgan fingerprint density at radius 1 is 1.19 bits per heavy atom. The van der Waals surface area contributed by atoms with Crippen molar-refractivity contribution in [2.75, 3.05) is 22.9 Å². The summed E-state index contributed by atoms with van der Waals surface area (Å²) in [5.41, 5.74) is 6.86. The lowest BCUT2D eigenvalue weighted by Gasteiger charge is -2.10. The fourth-order valence-electron chi connectivity index (χ4n) is 2.39. The third-order valence-corrected chi connectivity index (χ3v) is 3.70. The molecule has 3 aromatic rings. The van der Waals surface area contributed by atoms with Crippen LogP contribution in [0.3, 0.4) is 0 Å². The molecule has 9 nitrogen and oxygen atoms in total. The highest BCUT2D eigenvalue weighted by Gasteiger charge is 2.16. The maximum Gasteiger partial charge on any atom is 0.311 e. The van der Waals surface area contributed by atoms with Crippen molar-refractivity contribution in [1.29, 1.82) is 0 Å². The molecular formula is C17H19N7O2. The minimum Gasteiger partial charge on any atom is -0.399 e. The molecule has 9 heteroatoms. The molecule has 0 saturated carbocycles. The van der Waals surface area contributed by atoms with Crippen LogP contribution in [0.2, 0.25) is 0 Å². The third-order valence-electron chi connectivity index (χ3n) is 3.70. The van der Waals surface area contributed by atoms with Crippen molar-refractivity contribution < 1.29 is 4.92 Å². The van der Waals surface area contributed by atoms with Crippen molar-refractivity contribution in [3.05, 3.63) is 65.2 Å². The molecule has 0 fully saturated rings. The molecule has 0 aliphatic rings. The van der Waals surface area contributed by atoms with Crippen molar-refractivity contribution in [2.45, 2.75) is 13.0 Å². The zero-order chi connectivity index (χ0) is 18.4. The quantitative estimate of drug-likeness (QED) is 0.246. The van der Waals surface area contributed by atoms with Gasteiger partial charge in [-0.1, -0.05) is 0 Å². The fourth-order valence-corrected chi connectivity index (χ4v) is 2.39. The molecule has 26 heavy (non-hydrogen) atoms. The second kappa shape index (κ2) is 7.97. The molecule has 4 N–H and O–H groups in total. The number of nitrogens with two attached hydrogens (primary N) is 1. The van der Waals surface area contributed by atoms with E-state index in [0.717, 1.165) is 13.0 Å². The number of pyridine rings is 1. The minimum atomic E-state index is -0.463. The van der Waals surface area contributed by atoms with E-state index in [2.05, 4.69) is 20.6 Å². The predicted molar refractivity (Wildman–Crippen MR) is 100 cm³/mol. The van der Waals surface area contributed by atoms with E-state index in [0.29, 0.717) is 23.7 Å². The van der Waals surface area contributed by atoms with Crippen LogP contribution in [0.5, 0.6) is 0 Å². The molecule has 0 aliphatic carbocycles. The number of benzene rings is 1. The molecule has 2 aromatic heterocycles. The van der Waals surface area contributed by atoms with Gasteiger partial charge in [-0.25, -0.2) is 9.97 Å². The molecule has 0 radical (unpaired) electrons. The van der Waals surface area contributed by atoms with Gasteiger partial charge in [0.05, 0.1) is 11.3 Å². The van der Waals surface area contributed by atoms with Crippen LogP contribution >= 0.6 is 0 Å². The lowest BCUT2D eigenvalue weighted by atomic mass is 10.3. The number of aromatic nitrogens is 3. The number of hydrogen-bond donors (Lipinski definition) is 3. The van der Waals surface area contributed by atoms with Gasteiger partial charge in [-0.3, -0.25) is 10.1 Å². The van der Waals surface area contributed by atoms with Gasteiger partial charge < -0.3 is 20.9 Å². The van der Waals surface area contributed by atoms with Crippen LogP contribution in [0.25, 0.3) is 0 Å². The van der Waals surface area contributed by atoms with Crippen LogP contribution in [0, 0.1) is 10.1 Å². The van der Waals surface area contributed by atoms with Crippen LogP contribution in [-0.4, -0.2) is 26.0 Å². The lowest BCUT2D eigenvalue weighted by molar-refractivity contribution is -0.384. The number of nitrogens with zero attached hydrogens (tertiary/aromatic N) is 4. The summed E-state index contributed by atoms with van der Waals surface area (Å²) < 4.78 is 1.99. The highest BCUT2D eigenvalue weighted by molar-refractivity contribution is 5.68. The number of nitrogens with one attached hydrogen (secondary N) is 2. The van der Waals surface area contributed by atoms with E-state index in [1.165, 1.54) is 6.07 Å². The van der Waals surface area contributed by atoms with Gasteiger partial charge in [0.1, 0.15) is 5.82 Å². The van der Waals surface area contributed by atoms with E-state index in [9.17, 15) is 10.1 Å². The number of nitrogen functional groups attached to an aromatic ring is 1. The van der Waals surface area contributed by atoms with Crippen LogP contribution in [0.15, 0.2) is 55.1 Å². The van der Waals surface area contributed by atoms with Crippen LogP contribution in [0.1, 0.15) is 6.42 Å². The van der Waals surface area contributed by atoms with E-state index in [4.69, 9.17) is 5.73 Å². The largest absolute Gasteiger partial charge is 0.399 e. The van der Waals surface area contributed by atoms with Gasteiger partial charge in [-0.2, -0.15) is 0 Å². The second-order valence-electron chi connectivity index (χ2n) is 5.65. The number of imidazole rings is 1. The zero-order valence-electron chi connectivity index (χ0n) is 14.0. The molecule has 0 saturated heterocycles. The average Bonchev–Trinajstić information content (AvgIpc) is 3.14. The van der Waals surface area contributed by atoms with Crippen LogP contribution in [0.4, 0.5) is 28.7 Å². The number of nitro groups is 1. The van der Waals surface area contributed by atoms with E-state index in [1.54, 1.807) is 42.9 Å². The normalized spacial score (nSPS) is 10.5. The first-order valence-electron chi connectivity index (χ1n) is 8.09. The molecule has 2 heterocycles. The van der Waals surface area contributed by atoms with Crippen LogP contribution < -0.4 is 16.4 Å². The van der Waals surface area contributed by atoms with Crippen molar-refractivity contribution in [3.63, 3.8) is 0 Å². The first-order valence-corrected chi connectivity index (χ1v) is 8.09. The summed E-state index contributed by atoms with van der Waals surface area (Å²) in [7, 11) is 0. The highest BCUT2D eigenvalue weighted by atomic mass is 16.6. The van der Waals surface area contributed by atoms with Gasteiger partial charge >= 0.3 is 5.69 Å². The molecule has 0 unspecified atom stereocenters. The first kappa shape index (κ1) is 17.2. The zero-order valence-corrected chi connectivity index (χ0v) is 14.0. The van der Waals surface area contributed by atoms with Gasteiger partial charge in [0.25, 0.3) is 0 Å². The smallest absolute Gasteiger partial charge is 0.311 e. The van der Waals surface area contributed by atoms with Gasteiger partial charge in [0.2, 0.25) is 5.82 Å². The summed E-state index contributed by atoms with van der Waals surface area (Å²) in [6.45, 7) is 1.51. The average molecular weight is 353 g/mol. The molecule has 1 aromatic carbocycles. The molecule has 0 amide bonds. The molecule has 0 aliphatic heterocycles. The first-order chi connectivity index (χ1) is 12.6. The predicted octanol–water partition coefficient (Wildman–Crippen LogP) is 3.01. The monoisotopic (exact) mass is 353 g/mol. The van der Waals surface area contributed by atoms with E-state index in [1.807, 2.05) is 10.8 Å². The standard InChI is InChI=1S/C17H19N7O2/c18-13-2-4-14(5-3-13)21-17-15(24(25)26)6-7-16(22-17)20-8-1-10-23-11-9-19-12-23/h2-7,9,11-12H,1,8,10,18H2,(H2,20,21,22). The van der Waals surface area contributed by atoms with Gasteiger partial charge in [0, 0.05) is 42.9 Å². The summed E-state index contributed by atoms with van der Waals surface area (Å²) in [6.07, 6.45) is 6.27. The molecule has 0 spiro atoms. The summed E-state index contributed by atoms with van der Waals surface area (Å²) in [5.74, 6) is 0.749. The molecule has 3 rings (SSSR count).